The van der Waals surface area contributed by atoms with Gasteiger partial charge >= 0.3 is 0 Å². The summed E-state index contributed by atoms with van der Waals surface area (Å²) < 4.78 is 5.12. The maximum atomic E-state index is 9.52. The van der Waals surface area contributed by atoms with Crippen LogP contribution in [0, 0.1) is 0 Å². The topological polar surface area (TPSA) is 69.9 Å². The fourth-order valence-corrected chi connectivity index (χ4v) is 1.72. The molecule has 4 heteroatoms. The molecule has 1 aromatic carbocycles. The molecule has 0 aliphatic heterocycles. The predicted octanol–water partition coefficient (Wildman–Crippen LogP) is 0.610. The highest BCUT2D eigenvalue weighted by Gasteiger charge is 2.50. The Morgan fingerprint density at radius 3 is 2.00 bits per heavy atom. The average molecular weight is 226 g/mol. The van der Waals surface area contributed by atoms with Gasteiger partial charge in [0.2, 0.25) is 0 Å². The molecular weight excluding hydrogens is 208 g/mol. The molecule has 90 valence electrons. The summed E-state index contributed by atoms with van der Waals surface area (Å²) in [5.74, 6) is -2.84. The first kappa shape index (κ1) is 13.1. The summed E-state index contributed by atoms with van der Waals surface area (Å²) in [6.45, 7) is 3.21. The Morgan fingerprint density at radius 1 is 1.12 bits per heavy atom. The van der Waals surface area contributed by atoms with E-state index < -0.39 is 17.5 Å². The fraction of sp³-hybridized carbons (Fsp3) is 0.500. The quantitative estimate of drug-likeness (QED) is 0.658. The molecule has 0 aromatic heterocycles. The van der Waals surface area contributed by atoms with Crippen LogP contribution in [-0.2, 0) is 10.2 Å². The lowest BCUT2D eigenvalue weighted by Gasteiger charge is -2.41. The van der Waals surface area contributed by atoms with Gasteiger partial charge in [-0.15, -0.1) is 0 Å². The highest BCUT2D eigenvalue weighted by molar-refractivity contribution is 5.27. The first-order valence-corrected chi connectivity index (χ1v) is 5.09. The third kappa shape index (κ3) is 2.10. The van der Waals surface area contributed by atoms with E-state index in [1.807, 2.05) is 6.07 Å². The third-order valence-electron chi connectivity index (χ3n) is 3.24. The minimum Gasteiger partial charge on any atom is -0.381 e. The van der Waals surface area contributed by atoms with Gasteiger partial charge in [-0.05, 0) is 19.4 Å². The van der Waals surface area contributed by atoms with E-state index in [0.717, 1.165) is 0 Å². The van der Waals surface area contributed by atoms with Crippen LogP contribution in [0.4, 0.5) is 0 Å². The SMILES string of the molecule is COC(C)C(C)(c1ccccc1)C(O)(O)O. The van der Waals surface area contributed by atoms with Crippen molar-refractivity contribution in [2.45, 2.75) is 31.3 Å². The molecule has 1 aromatic rings. The van der Waals surface area contributed by atoms with Crippen molar-refractivity contribution in [3.05, 3.63) is 35.9 Å². The van der Waals surface area contributed by atoms with Crippen molar-refractivity contribution in [3.63, 3.8) is 0 Å². The van der Waals surface area contributed by atoms with E-state index >= 15 is 0 Å². The molecule has 0 radical (unpaired) electrons. The van der Waals surface area contributed by atoms with E-state index in [1.54, 1.807) is 31.2 Å². The van der Waals surface area contributed by atoms with E-state index in [0.29, 0.717) is 5.56 Å². The Morgan fingerprint density at radius 2 is 1.62 bits per heavy atom. The van der Waals surface area contributed by atoms with Crippen LogP contribution in [0.25, 0.3) is 0 Å². The van der Waals surface area contributed by atoms with Crippen LogP contribution in [0.15, 0.2) is 30.3 Å². The maximum Gasteiger partial charge on any atom is 0.287 e. The zero-order valence-electron chi connectivity index (χ0n) is 9.71. The minimum atomic E-state index is -2.84. The second kappa shape index (κ2) is 4.51. The van der Waals surface area contributed by atoms with E-state index in [-0.39, 0.29) is 0 Å². The lowest BCUT2D eigenvalue weighted by atomic mass is 9.75. The van der Waals surface area contributed by atoms with Gasteiger partial charge in [0, 0.05) is 7.11 Å². The Kier molecular flexibility index (Phi) is 3.70. The van der Waals surface area contributed by atoms with E-state index in [9.17, 15) is 15.3 Å². The smallest absolute Gasteiger partial charge is 0.287 e. The molecule has 2 atom stereocenters. The summed E-state index contributed by atoms with van der Waals surface area (Å²) in [6, 6.07) is 8.78. The van der Waals surface area contributed by atoms with Crippen molar-refractivity contribution in [2.75, 3.05) is 7.11 Å². The summed E-state index contributed by atoms with van der Waals surface area (Å²) in [4.78, 5) is 0. The van der Waals surface area contributed by atoms with Crippen LogP contribution < -0.4 is 0 Å². The molecule has 2 unspecified atom stereocenters. The maximum absolute atomic E-state index is 9.52. The second-order valence-corrected chi connectivity index (χ2v) is 4.08. The zero-order chi connectivity index (χ0) is 12.4. The monoisotopic (exact) mass is 226 g/mol. The highest BCUT2D eigenvalue weighted by atomic mass is 16.7. The summed E-state index contributed by atoms with van der Waals surface area (Å²) in [5.41, 5.74) is -0.722. The van der Waals surface area contributed by atoms with Gasteiger partial charge in [0.1, 0.15) is 0 Å². The van der Waals surface area contributed by atoms with Crippen molar-refractivity contribution in [1.29, 1.82) is 0 Å². The van der Waals surface area contributed by atoms with Gasteiger partial charge in [-0.2, -0.15) is 0 Å². The van der Waals surface area contributed by atoms with Crippen LogP contribution in [0.5, 0.6) is 0 Å². The summed E-state index contributed by atoms with van der Waals surface area (Å²) >= 11 is 0. The molecule has 0 saturated carbocycles. The first-order valence-electron chi connectivity index (χ1n) is 5.09. The second-order valence-electron chi connectivity index (χ2n) is 4.08. The van der Waals surface area contributed by atoms with Crippen molar-refractivity contribution in [2.24, 2.45) is 0 Å². The number of hydrogen-bond acceptors (Lipinski definition) is 4. The summed E-state index contributed by atoms with van der Waals surface area (Å²) in [5, 5.41) is 28.6. The molecular formula is C12H18O4. The number of rotatable bonds is 4. The first-order chi connectivity index (χ1) is 7.34. The zero-order valence-corrected chi connectivity index (χ0v) is 9.71. The Hall–Kier alpha value is -0.940. The molecule has 0 heterocycles. The van der Waals surface area contributed by atoms with Crippen LogP contribution in [0.3, 0.4) is 0 Å². The van der Waals surface area contributed by atoms with Crippen LogP contribution in [-0.4, -0.2) is 34.5 Å². The lowest BCUT2D eigenvalue weighted by Crippen LogP contribution is -2.56. The van der Waals surface area contributed by atoms with Gasteiger partial charge < -0.3 is 20.1 Å². The molecule has 0 amide bonds. The van der Waals surface area contributed by atoms with Crippen molar-refractivity contribution >= 4 is 0 Å². The number of ether oxygens (including phenoxy) is 1. The molecule has 1 rings (SSSR count). The standard InChI is InChI=1S/C12H18O4/c1-9(16-3)11(2,12(13,14)15)10-7-5-4-6-8-10/h4-9,13-15H,1-3H3. The fourth-order valence-electron chi connectivity index (χ4n) is 1.72. The van der Waals surface area contributed by atoms with E-state index in [2.05, 4.69) is 0 Å². The number of methoxy groups -OCH3 is 1. The Labute approximate surface area is 95.1 Å². The minimum absolute atomic E-state index is 0.560. The highest BCUT2D eigenvalue weighted by Crippen LogP contribution is 2.36. The molecule has 0 bridgehead atoms. The average Bonchev–Trinajstić information content (AvgIpc) is 2.26. The van der Waals surface area contributed by atoms with Crippen LogP contribution >= 0.6 is 0 Å². The molecule has 0 aliphatic carbocycles. The van der Waals surface area contributed by atoms with Gasteiger partial charge in [-0.25, -0.2) is 0 Å². The number of benzene rings is 1. The largest absolute Gasteiger partial charge is 0.381 e. The van der Waals surface area contributed by atoms with Gasteiger partial charge in [0.05, 0.1) is 11.5 Å². The lowest BCUT2D eigenvalue weighted by molar-refractivity contribution is -0.361. The predicted molar refractivity (Wildman–Crippen MR) is 59.7 cm³/mol. The molecule has 3 N–H and O–H groups in total. The van der Waals surface area contributed by atoms with Crippen LogP contribution in [0.2, 0.25) is 0 Å². The van der Waals surface area contributed by atoms with Crippen LogP contribution in [0.1, 0.15) is 19.4 Å². The van der Waals surface area contributed by atoms with Gasteiger partial charge in [0.15, 0.2) is 0 Å². The van der Waals surface area contributed by atoms with Crippen molar-refractivity contribution in [1.82, 2.24) is 0 Å². The molecule has 16 heavy (non-hydrogen) atoms. The number of aliphatic hydroxyl groups is 3. The van der Waals surface area contributed by atoms with E-state index in [1.165, 1.54) is 14.0 Å². The van der Waals surface area contributed by atoms with Gasteiger partial charge in [0.25, 0.3) is 5.97 Å². The summed E-state index contributed by atoms with van der Waals surface area (Å²) in [6.07, 6.45) is -0.560. The van der Waals surface area contributed by atoms with Gasteiger partial charge in [-0.3, -0.25) is 0 Å². The van der Waals surface area contributed by atoms with Crippen molar-refractivity contribution < 1.29 is 20.1 Å². The van der Waals surface area contributed by atoms with Crippen molar-refractivity contribution in [3.8, 4) is 0 Å². The Bertz CT molecular complexity index is 331. The molecule has 0 spiro atoms. The summed E-state index contributed by atoms with van der Waals surface area (Å²) in [7, 11) is 1.46. The number of hydrogen-bond donors (Lipinski definition) is 3. The Balaban J connectivity index is 3.26. The third-order valence-corrected chi connectivity index (χ3v) is 3.24. The molecule has 0 saturated heterocycles. The molecule has 0 aliphatic rings. The molecule has 4 nitrogen and oxygen atoms in total. The van der Waals surface area contributed by atoms with Gasteiger partial charge in [-0.1, -0.05) is 30.3 Å². The normalized spacial score (nSPS) is 17.9. The molecule has 0 fully saturated rings. The van der Waals surface area contributed by atoms with E-state index in [4.69, 9.17) is 4.74 Å².